The summed E-state index contributed by atoms with van der Waals surface area (Å²) in [5.41, 5.74) is 5.58. The standard InChI is InChI=1S/C16H22F2N2O/c1-10-7-8-12(17)14(15(10)18)16(21)20(2)13-6-4-3-5-11(13)9-19/h7-8,11,13H,3-6,9,19H2,1-2H3. The Bertz CT molecular complexity index is 533. The fourth-order valence-corrected chi connectivity index (χ4v) is 3.15. The number of hydrogen-bond donors (Lipinski definition) is 1. The highest BCUT2D eigenvalue weighted by Gasteiger charge is 2.32. The average molecular weight is 296 g/mol. The Morgan fingerprint density at radius 2 is 2.00 bits per heavy atom. The van der Waals surface area contributed by atoms with E-state index in [0.29, 0.717) is 6.54 Å². The Hall–Kier alpha value is -1.49. The molecule has 1 aromatic carbocycles. The summed E-state index contributed by atoms with van der Waals surface area (Å²) >= 11 is 0. The summed E-state index contributed by atoms with van der Waals surface area (Å²) in [6.45, 7) is 2.01. The molecule has 2 rings (SSSR count). The van der Waals surface area contributed by atoms with Crippen LogP contribution in [0.15, 0.2) is 12.1 Å². The lowest BCUT2D eigenvalue weighted by atomic mass is 9.83. The first-order chi connectivity index (χ1) is 9.97. The molecule has 2 atom stereocenters. The van der Waals surface area contributed by atoms with Gasteiger partial charge < -0.3 is 10.6 Å². The lowest BCUT2D eigenvalue weighted by Gasteiger charge is -2.37. The molecule has 2 N–H and O–H groups in total. The van der Waals surface area contributed by atoms with E-state index in [4.69, 9.17) is 5.73 Å². The minimum atomic E-state index is -0.810. The first kappa shape index (κ1) is 15.9. The van der Waals surface area contributed by atoms with Crippen LogP contribution >= 0.6 is 0 Å². The molecule has 0 bridgehead atoms. The number of carbonyl (C=O) groups excluding carboxylic acids is 1. The van der Waals surface area contributed by atoms with Gasteiger partial charge in [0.1, 0.15) is 17.2 Å². The van der Waals surface area contributed by atoms with E-state index in [9.17, 15) is 13.6 Å². The quantitative estimate of drug-likeness (QED) is 0.932. The van der Waals surface area contributed by atoms with E-state index < -0.39 is 23.1 Å². The van der Waals surface area contributed by atoms with Crippen LogP contribution in [0.2, 0.25) is 0 Å². The van der Waals surface area contributed by atoms with Crippen LogP contribution in [0.25, 0.3) is 0 Å². The first-order valence-electron chi connectivity index (χ1n) is 7.39. The molecular weight excluding hydrogens is 274 g/mol. The molecule has 116 valence electrons. The summed E-state index contributed by atoms with van der Waals surface area (Å²) < 4.78 is 28.0. The molecule has 0 radical (unpaired) electrons. The van der Waals surface area contributed by atoms with Crippen LogP contribution in [-0.4, -0.2) is 30.4 Å². The molecule has 1 fully saturated rings. The number of hydrogen-bond acceptors (Lipinski definition) is 2. The zero-order chi connectivity index (χ0) is 15.6. The fourth-order valence-electron chi connectivity index (χ4n) is 3.15. The average Bonchev–Trinajstić information content (AvgIpc) is 2.50. The van der Waals surface area contributed by atoms with E-state index in [1.165, 1.54) is 17.9 Å². The molecule has 1 aliphatic carbocycles. The summed E-state index contributed by atoms with van der Waals surface area (Å²) in [7, 11) is 1.61. The lowest BCUT2D eigenvalue weighted by Crippen LogP contribution is -2.46. The predicted molar refractivity (Wildman–Crippen MR) is 78.0 cm³/mol. The molecule has 0 spiro atoms. The molecule has 1 aliphatic rings. The molecule has 0 saturated heterocycles. The van der Waals surface area contributed by atoms with Crippen molar-refractivity contribution in [1.29, 1.82) is 0 Å². The summed E-state index contributed by atoms with van der Waals surface area (Å²) in [5.74, 6) is -1.98. The summed E-state index contributed by atoms with van der Waals surface area (Å²) in [5, 5.41) is 0. The number of rotatable bonds is 3. The van der Waals surface area contributed by atoms with Crippen molar-refractivity contribution in [2.45, 2.75) is 38.6 Å². The largest absolute Gasteiger partial charge is 0.338 e. The second-order valence-electron chi connectivity index (χ2n) is 5.82. The second-order valence-corrected chi connectivity index (χ2v) is 5.82. The predicted octanol–water partition coefficient (Wildman–Crippen LogP) is 2.86. The number of halogens is 2. The molecular formula is C16H22F2N2O. The van der Waals surface area contributed by atoms with Crippen molar-refractivity contribution in [1.82, 2.24) is 4.90 Å². The SMILES string of the molecule is Cc1ccc(F)c(C(=O)N(C)C2CCCCC2CN)c1F. The maximum atomic E-state index is 14.1. The molecule has 5 heteroatoms. The monoisotopic (exact) mass is 296 g/mol. The zero-order valence-electron chi connectivity index (χ0n) is 12.5. The highest BCUT2D eigenvalue weighted by Crippen LogP contribution is 2.29. The highest BCUT2D eigenvalue weighted by molar-refractivity contribution is 5.95. The molecule has 21 heavy (non-hydrogen) atoms. The molecule has 3 nitrogen and oxygen atoms in total. The molecule has 1 saturated carbocycles. The second kappa shape index (κ2) is 6.52. The van der Waals surface area contributed by atoms with E-state index in [1.54, 1.807) is 7.05 Å². The Labute approximate surface area is 124 Å². The van der Waals surface area contributed by atoms with Gasteiger partial charge >= 0.3 is 0 Å². The van der Waals surface area contributed by atoms with Gasteiger partial charge in [-0.15, -0.1) is 0 Å². The smallest absolute Gasteiger partial charge is 0.259 e. The van der Waals surface area contributed by atoms with Crippen molar-refractivity contribution in [2.75, 3.05) is 13.6 Å². The summed E-state index contributed by atoms with van der Waals surface area (Å²) in [4.78, 5) is 14.0. The first-order valence-corrected chi connectivity index (χ1v) is 7.39. The zero-order valence-corrected chi connectivity index (χ0v) is 12.5. The molecule has 0 aliphatic heterocycles. The van der Waals surface area contributed by atoms with Crippen LogP contribution in [0.1, 0.15) is 41.6 Å². The number of benzene rings is 1. The molecule has 1 aromatic rings. The van der Waals surface area contributed by atoms with Crippen LogP contribution in [0, 0.1) is 24.5 Å². The molecule has 1 amide bonds. The summed E-state index contributed by atoms with van der Waals surface area (Å²) in [6, 6.07) is 2.43. The van der Waals surface area contributed by atoms with Crippen molar-refractivity contribution in [3.05, 3.63) is 34.9 Å². The van der Waals surface area contributed by atoms with E-state index in [-0.39, 0.29) is 17.5 Å². The van der Waals surface area contributed by atoms with Crippen LogP contribution in [0.5, 0.6) is 0 Å². The van der Waals surface area contributed by atoms with Gasteiger partial charge in [-0.2, -0.15) is 0 Å². The number of nitrogens with zero attached hydrogens (tertiary/aromatic N) is 1. The minimum absolute atomic E-state index is 0.0458. The lowest BCUT2D eigenvalue weighted by molar-refractivity contribution is 0.0610. The number of nitrogens with two attached hydrogens (primary N) is 1. The van der Waals surface area contributed by atoms with Crippen molar-refractivity contribution in [3.63, 3.8) is 0 Å². The van der Waals surface area contributed by atoms with Crippen LogP contribution in [0.3, 0.4) is 0 Å². The van der Waals surface area contributed by atoms with Crippen molar-refractivity contribution < 1.29 is 13.6 Å². The van der Waals surface area contributed by atoms with Crippen LogP contribution in [-0.2, 0) is 0 Å². The summed E-state index contributed by atoms with van der Waals surface area (Å²) in [6.07, 6.45) is 3.89. The van der Waals surface area contributed by atoms with E-state index >= 15 is 0 Å². The Morgan fingerprint density at radius 3 is 2.67 bits per heavy atom. The third kappa shape index (κ3) is 3.07. The Kier molecular flexibility index (Phi) is 4.93. The third-order valence-electron chi connectivity index (χ3n) is 4.49. The third-order valence-corrected chi connectivity index (χ3v) is 4.49. The van der Waals surface area contributed by atoms with Gasteiger partial charge in [0.2, 0.25) is 0 Å². The van der Waals surface area contributed by atoms with Gasteiger partial charge in [-0.05, 0) is 43.9 Å². The number of carbonyl (C=O) groups is 1. The normalized spacial score (nSPS) is 22.1. The highest BCUT2D eigenvalue weighted by atomic mass is 19.1. The van der Waals surface area contributed by atoms with Gasteiger partial charge in [-0.3, -0.25) is 4.79 Å². The Balaban J connectivity index is 2.29. The van der Waals surface area contributed by atoms with E-state index in [0.717, 1.165) is 31.7 Å². The van der Waals surface area contributed by atoms with Crippen molar-refractivity contribution in [3.8, 4) is 0 Å². The molecule has 0 heterocycles. The number of aryl methyl sites for hydroxylation is 1. The molecule has 0 aromatic heterocycles. The maximum Gasteiger partial charge on any atom is 0.259 e. The van der Waals surface area contributed by atoms with Crippen LogP contribution < -0.4 is 5.73 Å². The van der Waals surface area contributed by atoms with Crippen molar-refractivity contribution in [2.24, 2.45) is 11.7 Å². The fraction of sp³-hybridized carbons (Fsp3) is 0.562. The maximum absolute atomic E-state index is 14.1. The van der Waals surface area contributed by atoms with Gasteiger partial charge in [0.05, 0.1) is 0 Å². The van der Waals surface area contributed by atoms with Crippen LogP contribution in [0.4, 0.5) is 8.78 Å². The number of amides is 1. The Morgan fingerprint density at radius 1 is 1.33 bits per heavy atom. The molecule has 2 unspecified atom stereocenters. The van der Waals surface area contributed by atoms with E-state index in [1.807, 2.05) is 0 Å². The van der Waals surface area contributed by atoms with Crippen molar-refractivity contribution >= 4 is 5.91 Å². The van der Waals surface area contributed by atoms with Gasteiger partial charge in [-0.1, -0.05) is 18.9 Å². The van der Waals surface area contributed by atoms with Gasteiger partial charge in [0.15, 0.2) is 0 Å². The topological polar surface area (TPSA) is 46.3 Å². The van der Waals surface area contributed by atoms with E-state index in [2.05, 4.69) is 0 Å². The van der Waals surface area contributed by atoms with Gasteiger partial charge in [0.25, 0.3) is 5.91 Å². The minimum Gasteiger partial charge on any atom is -0.338 e. The van der Waals surface area contributed by atoms with Gasteiger partial charge in [-0.25, -0.2) is 8.78 Å². The van der Waals surface area contributed by atoms with Gasteiger partial charge in [0, 0.05) is 13.1 Å².